The predicted octanol–water partition coefficient (Wildman–Crippen LogP) is 4.11. The average Bonchev–Trinajstić information content (AvgIpc) is 2.91. The molecule has 0 aromatic heterocycles. The SMILES string of the molecule is Cc1ccc(OCc2ccccc2)c(C2C(=O)CCC2(C)C(=O)O)c1. The Kier molecular flexibility index (Phi) is 4.62. The fourth-order valence-corrected chi connectivity index (χ4v) is 3.53. The van der Waals surface area contributed by atoms with E-state index < -0.39 is 17.3 Å². The second-order valence-corrected chi connectivity index (χ2v) is 6.94. The Bertz CT molecular complexity index is 797. The minimum Gasteiger partial charge on any atom is -0.489 e. The van der Waals surface area contributed by atoms with Crippen LogP contribution in [0.5, 0.6) is 5.75 Å². The summed E-state index contributed by atoms with van der Waals surface area (Å²) in [6.45, 7) is 3.97. The van der Waals surface area contributed by atoms with Crippen molar-refractivity contribution in [1.82, 2.24) is 0 Å². The molecule has 1 saturated carbocycles. The van der Waals surface area contributed by atoms with Crippen molar-refractivity contribution in [3.8, 4) is 5.75 Å². The first-order chi connectivity index (χ1) is 11.9. The molecule has 0 aliphatic heterocycles. The number of carbonyl (C=O) groups is 2. The molecule has 0 bridgehead atoms. The van der Waals surface area contributed by atoms with Crippen LogP contribution in [0, 0.1) is 12.3 Å². The maximum absolute atomic E-state index is 12.5. The zero-order valence-electron chi connectivity index (χ0n) is 14.5. The van der Waals surface area contributed by atoms with Crippen molar-refractivity contribution in [2.24, 2.45) is 5.41 Å². The van der Waals surface area contributed by atoms with Crippen molar-refractivity contribution in [2.75, 3.05) is 0 Å². The third-order valence-electron chi connectivity index (χ3n) is 5.05. The zero-order valence-corrected chi connectivity index (χ0v) is 14.5. The van der Waals surface area contributed by atoms with Crippen LogP contribution in [0.3, 0.4) is 0 Å². The van der Waals surface area contributed by atoms with Crippen molar-refractivity contribution in [3.63, 3.8) is 0 Å². The topological polar surface area (TPSA) is 63.6 Å². The molecule has 0 amide bonds. The molecule has 4 nitrogen and oxygen atoms in total. The number of Topliss-reactive ketones (excluding diaryl/α,β-unsaturated/α-hetero) is 1. The first kappa shape index (κ1) is 17.2. The molecule has 1 aliphatic carbocycles. The van der Waals surface area contributed by atoms with Crippen molar-refractivity contribution in [1.29, 1.82) is 0 Å². The summed E-state index contributed by atoms with van der Waals surface area (Å²) in [6, 6.07) is 15.4. The van der Waals surface area contributed by atoms with Crippen molar-refractivity contribution in [2.45, 2.75) is 39.2 Å². The summed E-state index contributed by atoms with van der Waals surface area (Å²) in [6.07, 6.45) is 0.650. The molecule has 0 spiro atoms. The van der Waals surface area contributed by atoms with Gasteiger partial charge in [0.25, 0.3) is 0 Å². The molecule has 2 aromatic carbocycles. The molecular weight excluding hydrogens is 316 g/mol. The van der Waals surface area contributed by atoms with E-state index in [9.17, 15) is 14.7 Å². The number of hydrogen-bond donors (Lipinski definition) is 1. The van der Waals surface area contributed by atoms with E-state index in [0.717, 1.165) is 11.1 Å². The van der Waals surface area contributed by atoms with Gasteiger partial charge in [0.05, 0.1) is 11.3 Å². The number of hydrogen-bond acceptors (Lipinski definition) is 3. The Hall–Kier alpha value is -2.62. The standard InChI is InChI=1S/C21H22O4/c1-14-8-9-18(25-13-15-6-4-3-5-7-15)16(12-14)19-17(22)10-11-21(19,2)20(23)24/h3-9,12,19H,10-11,13H2,1-2H3,(H,23,24). The van der Waals surface area contributed by atoms with Gasteiger partial charge in [0.2, 0.25) is 0 Å². The Morgan fingerprint density at radius 1 is 1.24 bits per heavy atom. The Morgan fingerprint density at radius 3 is 2.64 bits per heavy atom. The van der Waals surface area contributed by atoms with Crippen LogP contribution < -0.4 is 4.74 Å². The van der Waals surface area contributed by atoms with Gasteiger partial charge in [-0.15, -0.1) is 0 Å². The van der Waals surface area contributed by atoms with Gasteiger partial charge in [-0.25, -0.2) is 0 Å². The van der Waals surface area contributed by atoms with Gasteiger partial charge in [0.1, 0.15) is 18.1 Å². The van der Waals surface area contributed by atoms with E-state index in [4.69, 9.17) is 4.74 Å². The van der Waals surface area contributed by atoms with E-state index in [1.165, 1.54) is 0 Å². The first-order valence-corrected chi connectivity index (χ1v) is 8.45. The smallest absolute Gasteiger partial charge is 0.310 e. The summed E-state index contributed by atoms with van der Waals surface area (Å²) in [5.74, 6) is -1.04. The molecule has 0 heterocycles. The summed E-state index contributed by atoms with van der Waals surface area (Å²) in [5.41, 5.74) is 1.60. The zero-order chi connectivity index (χ0) is 18.0. The molecule has 0 saturated heterocycles. The highest BCUT2D eigenvalue weighted by molar-refractivity contribution is 5.96. The number of ketones is 1. The van der Waals surface area contributed by atoms with Gasteiger partial charge in [-0.05, 0) is 31.9 Å². The Morgan fingerprint density at radius 2 is 1.96 bits per heavy atom. The van der Waals surface area contributed by atoms with E-state index in [2.05, 4.69) is 0 Å². The Labute approximate surface area is 147 Å². The van der Waals surface area contributed by atoms with E-state index in [-0.39, 0.29) is 5.78 Å². The summed E-state index contributed by atoms with van der Waals surface area (Å²) in [5, 5.41) is 9.70. The van der Waals surface area contributed by atoms with E-state index in [0.29, 0.717) is 30.8 Å². The second kappa shape index (κ2) is 6.71. The van der Waals surface area contributed by atoms with Crippen molar-refractivity contribution >= 4 is 11.8 Å². The number of ether oxygens (including phenoxy) is 1. The molecule has 2 aromatic rings. The number of carbonyl (C=O) groups excluding carboxylic acids is 1. The summed E-state index contributed by atoms with van der Waals surface area (Å²) < 4.78 is 5.97. The fraction of sp³-hybridized carbons (Fsp3) is 0.333. The molecule has 130 valence electrons. The lowest BCUT2D eigenvalue weighted by molar-refractivity contribution is -0.149. The van der Waals surface area contributed by atoms with Crippen LogP contribution in [0.15, 0.2) is 48.5 Å². The molecule has 3 rings (SSSR count). The minimum absolute atomic E-state index is 0.0277. The van der Waals surface area contributed by atoms with Gasteiger partial charge in [-0.2, -0.15) is 0 Å². The van der Waals surface area contributed by atoms with E-state index in [1.54, 1.807) is 6.92 Å². The van der Waals surface area contributed by atoms with Crippen LogP contribution in [0.4, 0.5) is 0 Å². The Balaban J connectivity index is 1.96. The van der Waals surface area contributed by atoms with Gasteiger partial charge < -0.3 is 9.84 Å². The first-order valence-electron chi connectivity index (χ1n) is 8.45. The number of aryl methyl sites for hydroxylation is 1. The average molecular weight is 338 g/mol. The van der Waals surface area contributed by atoms with Gasteiger partial charge in [0, 0.05) is 12.0 Å². The van der Waals surface area contributed by atoms with Crippen molar-refractivity contribution < 1.29 is 19.4 Å². The summed E-state index contributed by atoms with van der Waals surface area (Å²) in [4.78, 5) is 24.3. The number of benzene rings is 2. The lowest BCUT2D eigenvalue weighted by Gasteiger charge is -2.27. The number of rotatable bonds is 5. The maximum atomic E-state index is 12.5. The summed E-state index contributed by atoms with van der Waals surface area (Å²) >= 11 is 0. The van der Waals surface area contributed by atoms with Gasteiger partial charge >= 0.3 is 5.97 Å². The second-order valence-electron chi connectivity index (χ2n) is 6.94. The molecule has 1 N–H and O–H groups in total. The fourth-order valence-electron chi connectivity index (χ4n) is 3.53. The molecule has 4 heteroatoms. The predicted molar refractivity (Wildman–Crippen MR) is 94.7 cm³/mol. The highest BCUT2D eigenvalue weighted by atomic mass is 16.5. The highest BCUT2D eigenvalue weighted by Crippen LogP contribution is 2.49. The molecular formula is C21H22O4. The molecule has 25 heavy (non-hydrogen) atoms. The monoisotopic (exact) mass is 338 g/mol. The molecule has 2 atom stereocenters. The minimum atomic E-state index is -1.09. The van der Waals surface area contributed by atoms with E-state index >= 15 is 0 Å². The maximum Gasteiger partial charge on any atom is 0.310 e. The largest absolute Gasteiger partial charge is 0.489 e. The quantitative estimate of drug-likeness (QED) is 0.891. The van der Waals surface area contributed by atoms with E-state index in [1.807, 2.05) is 55.5 Å². The molecule has 1 aliphatic rings. The van der Waals surface area contributed by atoms with Crippen molar-refractivity contribution in [3.05, 3.63) is 65.2 Å². The van der Waals surface area contributed by atoms with Gasteiger partial charge in [-0.1, -0.05) is 48.0 Å². The van der Waals surface area contributed by atoms with Crippen LogP contribution in [0.1, 0.15) is 42.4 Å². The summed E-state index contributed by atoms with van der Waals surface area (Å²) in [7, 11) is 0. The lowest BCUT2D eigenvalue weighted by atomic mass is 9.75. The molecule has 2 unspecified atom stereocenters. The van der Waals surface area contributed by atoms with Gasteiger partial charge in [-0.3, -0.25) is 9.59 Å². The third kappa shape index (κ3) is 3.29. The lowest BCUT2D eigenvalue weighted by Crippen LogP contribution is -2.32. The normalized spacial score (nSPS) is 22.8. The van der Waals surface area contributed by atoms with Crippen LogP contribution >= 0.6 is 0 Å². The van der Waals surface area contributed by atoms with Crippen LogP contribution in [0.2, 0.25) is 0 Å². The highest BCUT2D eigenvalue weighted by Gasteiger charge is 2.51. The van der Waals surface area contributed by atoms with Crippen LogP contribution in [0.25, 0.3) is 0 Å². The van der Waals surface area contributed by atoms with Crippen LogP contribution in [-0.4, -0.2) is 16.9 Å². The number of carboxylic acids is 1. The molecule has 0 radical (unpaired) electrons. The third-order valence-corrected chi connectivity index (χ3v) is 5.05. The molecule has 1 fully saturated rings. The number of carboxylic acid groups (broad SMARTS) is 1. The van der Waals surface area contributed by atoms with Gasteiger partial charge in [0.15, 0.2) is 0 Å². The number of aliphatic carboxylic acids is 1. The van der Waals surface area contributed by atoms with Crippen LogP contribution in [-0.2, 0) is 16.2 Å².